The molecule has 0 bridgehead atoms. The molecule has 0 aliphatic carbocycles. The molecule has 0 aromatic carbocycles. The van der Waals surface area contributed by atoms with E-state index < -0.39 is 11.0 Å². The molecule has 0 saturated carbocycles. The first kappa shape index (κ1) is 18.5. The first-order valence-corrected chi connectivity index (χ1v) is 3.02. The van der Waals surface area contributed by atoms with Crippen LogP contribution in [0.1, 0.15) is 27.7 Å². The molecule has 0 aromatic rings. The van der Waals surface area contributed by atoms with Gasteiger partial charge >= 0.3 is 0 Å². The van der Waals surface area contributed by atoms with Gasteiger partial charge in [-0.3, -0.25) is 0 Å². The topological polar surface area (TPSA) is 40.5 Å². The summed E-state index contributed by atoms with van der Waals surface area (Å²) in [6.45, 7) is 7.90. The zero-order valence-corrected chi connectivity index (χ0v) is 13.0. The van der Waals surface area contributed by atoms with Crippen LogP contribution in [0.2, 0.25) is 0 Å². The number of hydrogen-bond donors (Lipinski definition) is 2. The smallest absolute Gasteiger partial charge is 0.0391 e. The summed E-state index contributed by atoms with van der Waals surface area (Å²) in [5.74, 6) is 0. The molecule has 0 unspecified atom stereocenters. The normalized spacial score (nSPS) is 11.5. The van der Waals surface area contributed by atoms with Gasteiger partial charge in [0.2, 0.25) is 0 Å². The Morgan fingerprint density at radius 2 is 1.36 bits per heavy atom. The molecule has 11 heavy (non-hydrogen) atoms. The third kappa shape index (κ3) is 5.85. The summed E-state index contributed by atoms with van der Waals surface area (Å²) in [6, 6.07) is 0. The van der Waals surface area contributed by atoms with Gasteiger partial charge in [-0.05, 0) is 13.8 Å². The van der Waals surface area contributed by atoms with E-state index in [9.17, 15) is 5.11 Å². The van der Waals surface area contributed by atoms with Crippen molar-refractivity contribution in [3.63, 3.8) is 0 Å². The van der Waals surface area contributed by atoms with E-state index in [0.29, 0.717) is 0 Å². The van der Waals surface area contributed by atoms with Crippen LogP contribution in [0, 0.1) is 12.0 Å². The zero-order valence-electron chi connectivity index (χ0n) is 7.43. The fourth-order valence-electron chi connectivity index (χ4n) is 0.158. The molecule has 0 aliphatic rings. The van der Waals surface area contributed by atoms with E-state index in [1.807, 2.05) is 0 Å². The van der Waals surface area contributed by atoms with E-state index in [1.54, 1.807) is 27.7 Å². The molecule has 0 rings (SSSR count). The molecular weight excluding hydrogens is 391 g/mol. The molecule has 0 aromatic heterocycles. The average molecular weight is 406 g/mol. The molecular formula is C7H15O2ReY-. The van der Waals surface area contributed by atoms with Crippen molar-refractivity contribution in [3.8, 4) is 0 Å². The van der Waals surface area contributed by atoms with Crippen LogP contribution in [-0.4, -0.2) is 15.8 Å². The van der Waals surface area contributed by atoms with E-state index in [4.69, 9.17) is 5.11 Å². The SMILES string of the molecule is CC(C)(O)C(C)(C)[CH-]O.[Re].[Y]. The largest absolute Gasteiger partial charge is 0.565 e. The third-order valence-corrected chi connectivity index (χ3v) is 1.90. The van der Waals surface area contributed by atoms with Gasteiger partial charge in [0.15, 0.2) is 0 Å². The number of hydrogen-bond acceptors (Lipinski definition) is 2. The van der Waals surface area contributed by atoms with Crippen LogP contribution in [0.3, 0.4) is 0 Å². The van der Waals surface area contributed by atoms with Crippen molar-refractivity contribution >= 4 is 0 Å². The van der Waals surface area contributed by atoms with Crippen molar-refractivity contribution in [1.29, 1.82) is 0 Å². The molecule has 66 valence electrons. The molecule has 2 N–H and O–H groups in total. The maximum Gasteiger partial charge on any atom is 0.0391 e. The molecule has 0 spiro atoms. The van der Waals surface area contributed by atoms with E-state index >= 15 is 0 Å². The summed E-state index contributed by atoms with van der Waals surface area (Å²) in [7, 11) is 0. The molecule has 0 heterocycles. The van der Waals surface area contributed by atoms with Crippen molar-refractivity contribution in [2.24, 2.45) is 5.41 Å². The second-order valence-electron chi connectivity index (χ2n) is 3.41. The van der Waals surface area contributed by atoms with Gasteiger partial charge in [0.05, 0.1) is 0 Å². The van der Waals surface area contributed by atoms with Crippen LogP contribution in [0.25, 0.3) is 0 Å². The first-order chi connectivity index (χ1) is 3.81. The van der Waals surface area contributed by atoms with Crippen molar-refractivity contribution in [3.05, 3.63) is 6.61 Å². The molecule has 2 nitrogen and oxygen atoms in total. The Morgan fingerprint density at radius 1 is 1.09 bits per heavy atom. The van der Waals surface area contributed by atoms with Crippen LogP contribution in [0.5, 0.6) is 0 Å². The molecule has 4 heteroatoms. The summed E-state index contributed by atoms with van der Waals surface area (Å²) in [5.41, 5.74) is -1.39. The molecule has 0 atom stereocenters. The van der Waals surface area contributed by atoms with Crippen LogP contribution in [0.15, 0.2) is 0 Å². The van der Waals surface area contributed by atoms with Crippen LogP contribution in [-0.2, 0) is 53.1 Å². The summed E-state index contributed by atoms with van der Waals surface area (Å²) in [4.78, 5) is 0. The maximum absolute atomic E-state index is 9.35. The second-order valence-corrected chi connectivity index (χ2v) is 3.41. The minimum atomic E-state index is -0.859. The van der Waals surface area contributed by atoms with Gasteiger partial charge in [-0.15, -0.1) is 5.41 Å². The van der Waals surface area contributed by atoms with Gasteiger partial charge in [-0.1, -0.05) is 13.8 Å². The fourth-order valence-corrected chi connectivity index (χ4v) is 0.158. The van der Waals surface area contributed by atoms with Gasteiger partial charge in [0.25, 0.3) is 0 Å². The number of rotatable bonds is 2. The fraction of sp³-hybridized carbons (Fsp3) is 0.857. The standard InChI is InChI=1S/C7H15O2.Re.Y/c1-6(2,5-8)7(3,4)9;;/h5,8-9H,1-4H3;;/q-1;;. The first-order valence-electron chi connectivity index (χ1n) is 3.02. The van der Waals surface area contributed by atoms with Gasteiger partial charge < -0.3 is 10.2 Å². The minimum Gasteiger partial charge on any atom is -0.565 e. The second kappa shape index (κ2) is 6.19. The molecule has 0 fully saturated rings. The van der Waals surface area contributed by atoms with E-state index in [1.165, 1.54) is 0 Å². The Balaban J connectivity index is -0.000000320. The Hall–Kier alpha value is 1.69. The summed E-state index contributed by atoms with van der Waals surface area (Å²) in [5, 5.41) is 18.0. The van der Waals surface area contributed by atoms with Crippen LogP contribution in [0.4, 0.5) is 0 Å². The Kier molecular flexibility index (Phi) is 10.4. The van der Waals surface area contributed by atoms with Gasteiger partial charge in [0.1, 0.15) is 0 Å². The van der Waals surface area contributed by atoms with Crippen molar-refractivity contribution < 1.29 is 63.3 Å². The van der Waals surface area contributed by atoms with Crippen molar-refractivity contribution in [1.82, 2.24) is 0 Å². The maximum atomic E-state index is 9.35. The molecule has 0 aliphatic heterocycles. The molecule has 2 radical (unpaired) electrons. The van der Waals surface area contributed by atoms with Gasteiger partial charge in [-0.2, -0.15) is 0 Å². The average Bonchev–Trinajstić information content (AvgIpc) is 1.64. The molecule has 0 saturated heterocycles. The van der Waals surface area contributed by atoms with E-state index in [0.717, 1.165) is 6.61 Å². The Morgan fingerprint density at radius 3 is 1.36 bits per heavy atom. The quantitative estimate of drug-likeness (QED) is 0.680. The van der Waals surface area contributed by atoms with Gasteiger partial charge in [0, 0.05) is 58.7 Å². The summed E-state index contributed by atoms with van der Waals surface area (Å²) < 4.78 is 0. The molecule has 0 amide bonds. The van der Waals surface area contributed by atoms with Gasteiger partial charge in [-0.25, -0.2) is 6.61 Å². The van der Waals surface area contributed by atoms with Crippen molar-refractivity contribution in [2.45, 2.75) is 33.3 Å². The monoisotopic (exact) mass is 407 g/mol. The van der Waals surface area contributed by atoms with Crippen molar-refractivity contribution in [2.75, 3.05) is 0 Å². The van der Waals surface area contributed by atoms with E-state index in [2.05, 4.69) is 0 Å². The Bertz CT molecular complexity index is 99.1. The predicted molar refractivity (Wildman–Crippen MR) is 36.3 cm³/mol. The van der Waals surface area contributed by atoms with Crippen LogP contribution < -0.4 is 0 Å². The van der Waals surface area contributed by atoms with E-state index in [-0.39, 0.29) is 53.1 Å². The summed E-state index contributed by atoms with van der Waals surface area (Å²) in [6.07, 6.45) is 0. The third-order valence-electron chi connectivity index (χ3n) is 1.90. The summed E-state index contributed by atoms with van der Waals surface area (Å²) >= 11 is 0. The Labute approximate surface area is 108 Å². The number of aliphatic hydroxyl groups excluding tert-OH is 1. The zero-order chi connectivity index (χ0) is 7.71. The van der Waals surface area contributed by atoms with Crippen LogP contribution >= 0.6 is 0 Å². The predicted octanol–water partition coefficient (Wildman–Crippen LogP) is 1.31. The minimum absolute atomic E-state index is 0. The number of aliphatic hydroxyl groups is 2.